The standard InChI is InChI=1S/C18H22N6O/c1-5-23(6-2)15-9-7-14(8-10-15)20-17(25)16-21-18-19-12(3)11-13(4)24(18)22-16/h7-11H,5-6H2,1-4H3,(H,20,25). The van der Waals surface area contributed by atoms with E-state index in [4.69, 9.17) is 0 Å². The quantitative estimate of drug-likeness (QED) is 0.774. The predicted molar refractivity (Wildman–Crippen MR) is 98.2 cm³/mol. The Bertz CT molecular complexity index is 896. The highest BCUT2D eigenvalue weighted by Gasteiger charge is 2.15. The Morgan fingerprint density at radius 2 is 1.80 bits per heavy atom. The van der Waals surface area contributed by atoms with Gasteiger partial charge in [-0.05, 0) is 58.0 Å². The van der Waals surface area contributed by atoms with Gasteiger partial charge in [-0.2, -0.15) is 4.98 Å². The van der Waals surface area contributed by atoms with Gasteiger partial charge in [-0.3, -0.25) is 4.79 Å². The minimum absolute atomic E-state index is 0.106. The van der Waals surface area contributed by atoms with Gasteiger partial charge in [0, 0.05) is 35.9 Å². The van der Waals surface area contributed by atoms with Gasteiger partial charge in [0.15, 0.2) is 0 Å². The lowest BCUT2D eigenvalue weighted by molar-refractivity contribution is 0.101. The lowest BCUT2D eigenvalue weighted by atomic mass is 10.2. The molecule has 0 spiro atoms. The predicted octanol–water partition coefficient (Wildman–Crippen LogP) is 2.84. The number of nitrogens with zero attached hydrogens (tertiary/aromatic N) is 5. The van der Waals surface area contributed by atoms with Crippen LogP contribution >= 0.6 is 0 Å². The van der Waals surface area contributed by atoms with E-state index >= 15 is 0 Å². The van der Waals surface area contributed by atoms with Gasteiger partial charge in [0.2, 0.25) is 5.82 Å². The molecule has 0 fully saturated rings. The number of aromatic nitrogens is 4. The number of anilines is 2. The molecule has 0 unspecified atom stereocenters. The van der Waals surface area contributed by atoms with Gasteiger partial charge in [0.05, 0.1) is 0 Å². The van der Waals surface area contributed by atoms with E-state index in [1.807, 2.05) is 44.2 Å². The number of fused-ring (bicyclic) bond motifs is 1. The molecule has 3 rings (SSSR count). The second kappa shape index (κ2) is 6.88. The normalized spacial score (nSPS) is 10.9. The molecule has 7 heteroatoms. The van der Waals surface area contributed by atoms with Crippen LogP contribution in [0, 0.1) is 13.8 Å². The first-order chi connectivity index (χ1) is 12.0. The highest BCUT2D eigenvalue weighted by molar-refractivity contribution is 6.01. The van der Waals surface area contributed by atoms with E-state index in [1.54, 1.807) is 4.52 Å². The van der Waals surface area contributed by atoms with Crippen LogP contribution in [0.3, 0.4) is 0 Å². The Balaban J connectivity index is 1.79. The van der Waals surface area contributed by atoms with Crippen LogP contribution < -0.4 is 10.2 Å². The molecule has 3 aromatic rings. The molecule has 0 bridgehead atoms. The van der Waals surface area contributed by atoms with Gasteiger partial charge in [0.25, 0.3) is 11.7 Å². The van der Waals surface area contributed by atoms with Crippen LogP contribution in [0.25, 0.3) is 5.78 Å². The van der Waals surface area contributed by atoms with Gasteiger partial charge < -0.3 is 10.2 Å². The van der Waals surface area contributed by atoms with Crippen molar-refractivity contribution in [1.82, 2.24) is 19.6 Å². The molecule has 7 nitrogen and oxygen atoms in total. The summed E-state index contributed by atoms with van der Waals surface area (Å²) in [5.74, 6) is 0.187. The average molecular weight is 338 g/mol. The van der Waals surface area contributed by atoms with Gasteiger partial charge in [0.1, 0.15) is 0 Å². The molecule has 1 aromatic carbocycles. The minimum atomic E-state index is -0.349. The van der Waals surface area contributed by atoms with E-state index in [1.165, 1.54) is 0 Å². The number of nitrogens with one attached hydrogen (secondary N) is 1. The van der Waals surface area contributed by atoms with Crippen molar-refractivity contribution in [3.05, 3.63) is 47.5 Å². The topological polar surface area (TPSA) is 75.4 Å². The molecule has 1 N–H and O–H groups in total. The SMILES string of the molecule is CCN(CC)c1ccc(NC(=O)c2nc3nc(C)cc(C)n3n2)cc1. The largest absolute Gasteiger partial charge is 0.372 e. The maximum Gasteiger partial charge on any atom is 0.295 e. The van der Waals surface area contributed by atoms with Crippen LogP contribution in [0.1, 0.15) is 35.9 Å². The van der Waals surface area contributed by atoms with E-state index in [-0.39, 0.29) is 11.7 Å². The Kier molecular flexibility index (Phi) is 4.65. The molecule has 0 aliphatic carbocycles. The molecule has 0 radical (unpaired) electrons. The van der Waals surface area contributed by atoms with Crippen molar-refractivity contribution in [2.24, 2.45) is 0 Å². The average Bonchev–Trinajstić information content (AvgIpc) is 3.02. The summed E-state index contributed by atoms with van der Waals surface area (Å²) in [6.07, 6.45) is 0. The first-order valence-corrected chi connectivity index (χ1v) is 8.39. The Morgan fingerprint density at radius 3 is 2.44 bits per heavy atom. The van der Waals surface area contributed by atoms with Crippen molar-refractivity contribution in [1.29, 1.82) is 0 Å². The van der Waals surface area contributed by atoms with E-state index in [0.29, 0.717) is 11.5 Å². The van der Waals surface area contributed by atoms with Gasteiger partial charge in [-0.25, -0.2) is 9.50 Å². The molecule has 2 heterocycles. The van der Waals surface area contributed by atoms with Crippen LogP contribution in [0.5, 0.6) is 0 Å². The van der Waals surface area contributed by atoms with Crippen LogP contribution in [0.15, 0.2) is 30.3 Å². The number of aryl methyl sites for hydroxylation is 2. The number of rotatable bonds is 5. The lowest BCUT2D eigenvalue weighted by Crippen LogP contribution is -2.21. The molecule has 0 aliphatic rings. The smallest absolute Gasteiger partial charge is 0.295 e. The van der Waals surface area contributed by atoms with Crippen LogP contribution in [0.2, 0.25) is 0 Å². The first kappa shape index (κ1) is 16.9. The summed E-state index contributed by atoms with van der Waals surface area (Å²) < 4.78 is 1.57. The molecule has 0 saturated heterocycles. The molecule has 0 aliphatic heterocycles. The van der Waals surface area contributed by atoms with Crippen molar-refractivity contribution in [2.75, 3.05) is 23.3 Å². The van der Waals surface area contributed by atoms with E-state index in [2.05, 4.69) is 39.1 Å². The molecule has 1 amide bonds. The summed E-state index contributed by atoms with van der Waals surface area (Å²) in [5, 5.41) is 7.08. The highest BCUT2D eigenvalue weighted by Crippen LogP contribution is 2.18. The number of amides is 1. The molecule has 25 heavy (non-hydrogen) atoms. The zero-order valence-corrected chi connectivity index (χ0v) is 14.9. The number of hydrogen-bond donors (Lipinski definition) is 1. The Hall–Kier alpha value is -2.96. The summed E-state index contributed by atoms with van der Waals surface area (Å²) in [7, 11) is 0. The third-order valence-electron chi connectivity index (χ3n) is 4.08. The molecule has 0 atom stereocenters. The fraction of sp³-hybridized carbons (Fsp3) is 0.333. The summed E-state index contributed by atoms with van der Waals surface area (Å²) in [6, 6.07) is 9.66. The summed E-state index contributed by atoms with van der Waals surface area (Å²) in [6.45, 7) is 9.92. The number of benzene rings is 1. The molecular formula is C18H22N6O. The monoisotopic (exact) mass is 338 g/mol. The van der Waals surface area contributed by atoms with Gasteiger partial charge in [-0.1, -0.05) is 0 Å². The maximum atomic E-state index is 12.4. The zero-order chi connectivity index (χ0) is 18.0. The van der Waals surface area contributed by atoms with Gasteiger partial charge in [-0.15, -0.1) is 5.10 Å². The molecule has 0 saturated carbocycles. The van der Waals surface area contributed by atoms with Crippen molar-refractivity contribution in [2.45, 2.75) is 27.7 Å². The maximum absolute atomic E-state index is 12.4. The number of carbonyl (C=O) groups is 1. The van der Waals surface area contributed by atoms with Crippen molar-refractivity contribution < 1.29 is 4.79 Å². The van der Waals surface area contributed by atoms with Crippen LogP contribution in [0.4, 0.5) is 11.4 Å². The number of carbonyl (C=O) groups excluding carboxylic acids is 1. The van der Waals surface area contributed by atoms with Crippen molar-refractivity contribution in [3.8, 4) is 0 Å². The van der Waals surface area contributed by atoms with Crippen LogP contribution in [-0.2, 0) is 0 Å². The highest BCUT2D eigenvalue weighted by atomic mass is 16.2. The molecule has 2 aromatic heterocycles. The van der Waals surface area contributed by atoms with Gasteiger partial charge >= 0.3 is 0 Å². The van der Waals surface area contributed by atoms with E-state index < -0.39 is 0 Å². The van der Waals surface area contributed by atoms with Crippen LogP contribution in [-0.4, -0.2) is 38.6 Å². The summed E-state index contributed by atoms with van der Waals surface area (Å²) >= 11 is 0. The third-order valence-corrected chi connectivity index (χ3v) is 4.08. The fourth-order valence-electron chi connectivity index (χ4n) is 2.79. The summed E-state index contributed by atoms with van der Waals surface area (Å²) in [4.78, 5) is 23.2. The van der Waals surface area contributed by atoms with E-state index in [9.17, 15) is 4.79 Å². The van der Waals surface area contributed by atoms with Crippen molar-refractivity contribution in [3.63, 3.8) is 0 Å². The Labute approximate surface area is 146 Å². The van der Waals surface area contributed by atoms with E-state index in [0.717, 1.165) is 30.2 Å². The minimum Gasteiger partial charge on any atom is -0.372 e. The Morgan fingerprint density at radius 1 is 1.12 bits per heavy atom. The van der Waals surface area contributed by atoms with Crippen molar-refractivity contribution >= 4 is 23.1 Å². The first-order valence-electron chi connectivity index (χ1n) is 8.39. The zero-order valence-electron chi connectivity index (χ0n) is 14.9. The fourth-order valence-corrected chi connectivity index (χ4v) is 2.79. The second-order valence-electron chi connectivity index (χ2n) is 5.86. The third kappa shape index (κ3) is 3.45. The summed E-state index contributed by atoms with van der Waals surface area (Å²) in [5.41, 5.74) is 3.57. The molecular weight excluding hydrogens is 316 g/mol. The second-order valence-corrected chi connectivity index (χ2v) is 5.86. The molecule has 130 valence electrons. The lowest BCUT2D eigenvalue weighted by Gasteiger charge is -2.21. The number of hydrogen-bond acceptors (Lipinski definition) is 5.